The summed E-state index contributed by atoms with van der Waals surface area (Å²) in [6.45, 7) is 2.14. The van der Waals surface area contributed by atoms with Gasteiger partial charge in [0.2, 0.25) is 5.91 Å². The number of hydrogen-bond donors (Lipinski definition) is 0. The van der Waals surface area contributed by atoms with Crippen molar-refractivity contribution in [3.05, 3.63) is 51.7 Å². The lowest BCUT2D eigenvalue weighted by molar-refractivity contribution is -0.137. The maximum absolute atomic E-state index is 13.1. The minimum absolute atomic E-state index is 0.0156. The minimum Gasteiger partial charge on any atom is -0.331 e. The first kappa shape index (κ1) is 20.7. The van der Waals surface area contributed by atoms with Gasteiger partial charge in [0.1, 0.15) is 12.4 Å². The van der Waals surface area contributed by atoms with Crippen molar-refractivity contribution < 1.29 is 18.0 Å². The molecular weight excluding hydrogens is 397 g/mol. The Labute approximate surface area is 172 Å². The van der Waals surface area contributed by atoms with E-state index >= 15 is 0 Å². The summed E-state index contributed by atoms with van der Waals surface area (Å²) in [6.07, 6.45) is 0.812. The van der Waals surface area contributed by atoms with Crippen LogP contribution in [0.15, 0.2) is 29.1 Å². The smallest absolute Gasteiger partial charge is 0.331 e. The van der Waals surface area contributed by atoms with Crippen LogP contribution in [-0.2, 0) is 30.5 Å². The van der Waals surface area contributed by atoms with Crippen molar-refractivity contribution in [2.45, 2.75) is 76.8 Å². The number of rotatable bonds is 5. The molecule has 2 aliphatic rings. The Bertz CT molecular complexity index is 991. The summed E-state index contributed by atoms with van der Waals surface area (Å²) in [5.41, 5.74) is -0.593. The molecule has 1 aliphatic heterocycles. The number of carbonyl (C=O) groups excluding carboxylic acids is 1. The Balaban J connectivity index is 1.57. The molecule has 6 nitrogen and oxygen atoms in total. The van der Waals surface area contributed by atoms with Crippen LogP contribution in [0.25, 0.3) is 0 Å². The van der Waals surface area contributed by atoms with Gasteiger partial charge in [-0.25, -0.2) is 9.48 Å². The van der Waals surface area contributed by atoms with Crippen LogP contribution in [-0.4, -0.2) is 31.2 Å². The van der Waals surface area contributed by atoms with Crippen LogP contribution < -0.4 is 5.69 Å². The average Bonchev–Trinajstić information content (AvgIpc) is 3.51. The van der Waals surface area contributed by atoms with E-state index in [0.29, 0.717) is 24.4 Å². The van der Waals surface area contributed by atoms with Gasteiger partial charge >= 0.3 is 11.9 Å². The zero-order valence-corrected chi connectivity index (χ0v) is 16.9. The molecule has 4 rings (SSSR count). The number of hydrogen-bond acceptors (Lipinski definition) is 3. The number of aromatic nitrogens is 3. The van der Waals surface area contributed by atoms with Gasteiger partial charge in [-0.2, -0.15) is 18.3 Å². The summed E-state index contributed by atoms with van der Waals surface area (Å²) in [6, 6.07) is 4.55. The van der Waals surface area contributed by atoms with Gasteiger partial charge < -0.3 is 4.90 Å². The van der Waals surface area contributed by atoms with Crippen molar-refractivity contribution in [2.75, 3.05) is 0 Å². The third kappa shape index (κ3) is 4.15. The van der Waals surface area contributed by atoms with Gasteiger partial charge in [0.05, 0.1) is 11.6 Å². The van der Waals surface area contributed by atoms with Gasteiger partial charge in [0, 0.05) is 19.0 Å². The number of amides is 1. The third-order valence-corrected chi connectivity index (χ3v) is 5.91. The first-order chi connectivity index (χ1) is 14.3. The molecule has 0 saturated heterocycles. The summed E-state index contributed by atoms with van der Waals surface area (Å²) >= 11 is 0. The van der Waals surface area contributed by atoms with E-state index in [1.807, 2.05) is 0 Å². The molecule has 30 heavy (non-hydrogen) atoms. The van der Waals surface area contributed by atoms with Crippen molar-refractivity contribution in [3.8, 4) is 0 Å². The van der Waals surface area contributed by atoms with E-state index in [9.17, 15) is 22.8 Å². The second-order valence-electron chi connectivity index (χ2n) is 8.15. The Kier molecular flexibility index (Phi) is 5.46. The van der Waals surface area contributed by atoms with E-state index in [4.69, 9.17) is 0 Å². The largest absolute Gasteiger partial charge is 0.416 e. The molecule has 1 atom stereocenters. The zero-order chi connectivity index (χ0) is 21.5. The van der Waals surface area contributed by atoms with Crippen molar-refractivity contribution in [2.24, 2.45) is 0 Å². The summed E-state index contributed by atoms with van der Waals surface area (Å²) in [7, 11) is 0. The van der Waals surface area contributed by atoms with Crippen LogP contribution in [0, 0.1) is 0 Å². The topological polar surface area (TPSA) is 60.1 Å². The van der Waals surface area contributed by atoms with Crippen LogP contribution >= 0.6 is 0 Å². The molecule has 1 saturated carbocycles. The Morgan fingerprint density at radius 3 is 2.73 bits per heavy atom. The lowest BCUT2D eigenvalue weighted by Gasteiger charge is -2.30. The highest BCUT2D eigenvalue weighted by Gasteiger charge is 2.38. The molecule has 1 aromatic heterocycles. The molecule has 0 spiro atoms. The number of alkyl halides is 3. The highest BCUT2D eigenvalue weighted by molar-refractivity contribution is 5.77. The second kappa shape index (κ2) is 7.92. The average molecular weight is 422 g/mol. The summed E-state index contributed by atoms with van der Waals surface area (Å²) in [5, 5.41) is 4.36. The maximum Gasteiger partial charge on any atom is 0.416 e. The van der Waals surface area contributed by atoms with Crippen LogP contribution in [0.5, 0.6) is 0 Å². The van der Waals surface area contributed by atoms with Crippen LogP contribution in [0.4, 0.5) is 13.2 Å². The van der Waals surface area contributed by atoms with Crippen molar-refractivity contribution in [1.29, 1.82) is 0 Å². The van der Waals surface area contributed by atoms with E-state index in [1.165, 1.54) is 10.7 Å². The SMILES string of the molecule is CC(c1cccc(C(F)(F)F)c1)N(C(=O)Cn1nc2n(c1=O)CCCCC2)C1CC1. The quantitative estimate of drug-likeness (QED) is 0.741. The van der Waals surface area contributed by atoms with E-state index in [2.05, 4.69) is 5.10 Å². The number of aryl methyl sites for hydroxylation is 1. The molecule has 0 N–H and O–H groups in total. The molecule has 1 aromatic carbocycles. The fourth-order valence-corrected chi connectivity index (χ4v) is 4.16. The number of benzene rings is 1. The predicted octanol–water partition coefficient (Wildman–Crippen LogP) is 3.54. The maximum atomic E-state index is 13.1. The van der Waals surface area contributed by atoms with Gasteiger partial charge in [0.15, 0.2) is 0 Å². The van der Waals surface area contributed by atoms with Crippen LogP contribution in [0.1, 0.15) is 62.0 Å². The number of nitrogens with zero attached hydrogens (tertiary/aromatic N) is 4. The van der Waals surface area contributed by atoms with E-state index in [1.54, 1.807) is 22.5 Å². The van der Waals surface area contributed by atoms with E-state index < -0.39 is 17.8 Å². The molecule has 1 unspecified atom stereocenters. The lowest BCUT2D eigenvalue weighted by Crippen LogP contribution is -2.40. The normalized spacial score (nSPS) is 17.9. The van der Waals surface area contributed by atoms with Gasteiger partial charge in [-0.05, 0) is 50.3 Å². The molecule has 0 radical (unpaired) electrons. The zero-order valence-electron chi connectivity index (χ0n) is 16.9. The van der Waals surface area contributed by atoms with Crippen LogP contribution in [0.2, 0.25) is 0 Å². The van der Waals surface area contributed by atoms with Crippen molar-refractivity contribution in [1.82, 2.24) is 19.2 Å². The highest BCUT2D eigenvalue weighted by atomic mass is 19.4. The number of halogens is 3. The standard InChI is InChI=1S/C21H25F3N4O2/c1-14(15-6-5-7-16(12-15)21(22,23)24)28(17-9-10-17)19(29)13-27-20(30)26-11-4-2-3-8-18(26)25-27/h5-7,12,14,17H,2-4,8-11,13H2,1H3. The fourth-order valence-electron chi connectivity index (χ4n) is 4.16. The minimum atomic E-state index is -4.44. The molecule has 162 valence electrons. The Hall–Kier alpha value is -2.58. The van der Waals surface area contributed by atoms with Crippen molar-refractivity contribution >= 4 is 5.91 Å². The highest BCUT2D eigenvalue weighted by Crippen LogP contribution is 2.36. The van der Waals surface area contributed by atoms with E-state index in [-0.39, 0.29) is 24.2 Å². The summed E-state index contributed by atoms with van der Waals surface area (Å²) in [5.74, 6) is 0.409. The van der Waals surface area contributed by atoms with E-state index in [0.717, 1.165) is 44.2 Å². The Morgan fingerprint density at radius 2 is 2.03 bits per heavy atom. The lowest BCUT2D eigenvalue weighted by atomic mass is 10.0. The fraction of sp³-hybridized carbons (Fsp3) is 0.571. The summed E-state index contributed by atoms with van der Waals surface area (Å²) < 4.78 is 42.2. The molecule has 2 aromatic rings. The second-order valence-corrected chi connectivity index (χ2v) is 8.15. The van der Waals surface area contributed by atoms with Gasteiger partial charge in [-0.1, -0.05) is 18.6 Å². The molecule has 1 fully saturated rings. The number of fused-ring (bicyclic) bond motifs is 1. The molecule has 1 amide bonds. The van der Waals surface area contributed by atoms with Gasteiger partial charge in [-0.3, -0.25) is 9.36 Å². The van der Waals surface area contributed by atoms with Gasteiger partial charge in [-0.15, -0.1) is 0 Å². The third-order valence-electron chi connectivity index (χ3n) is 5.91. The molecule has 2 heterocycles. The molecule has 9 heteroatoms. The van der Waals surface area contributed by atoms with Crippen LogP contribution in [0.3, 0.4) is 0 Å². The van der Waals surface area contributed by atoms with Gasteiger partial charge in [0.25, 0.3) is 0 Å². The number of carbonyl (C=O) groups is 1. The predicted molar refractivity (Wildman–Crippen MR) is 104 cm³/mol. The first-order valence-electron chi connectivity index (χ1n) is 10.4. The molecule has 1 aliphatic carbocycles. The Morgan fingerprint density at radius 1 is 1.27 bits per heavy atom. The first-order valence-corrected chi connectivity index (χ1v) is 10.4. The molecular formula is C21H25F3N4O2. The monoisotopic (exact) mass is 422 g/mol. The van der Waals surface area contributed by atoms with Crippen molar-refractivity contribution in [3.63, 3.8) is 0 Å². The summed E-state index contributed by atoms with van der Waals surface area (Å²) in [4.78, 5) is 27.4. The molecule has 0 bridgehead atoms.